The topological polar surface area (TPSA) is 87.4 Å². The van der Waals surface area contributed by atoms with Crippen molar-refractivity contribution in [2.45, 2.75) is 25.9 Å². The van der Waals surface area contributed by atoms with E-state index in [2.05, 4.69) is 20.4 Å². The Hall–Kier alpha value is -1.76. The standard InChI is InChI=1S/C9H15N7/c1-9(2,10)7-4-16(14-13-7)5-8-11-6-12-15(8)3/h4,6H,5,10H2,1-3H3. The van der Waals surface area contributed by atoms with Gasteiger partial charge in [0.15, 0.2) is 0 Å². The Morgan fingerprint density at radius 1 is 1.44 bits per heavy atom. The number of hydrogen-bond acceptors (Lipinski definition) is 5. The summed E-state index contributed by atoms with van der Waals surface area (Å²) in [6.45, 7) is 4.33. The van der Waals surface area contributed by atoms with Gasteiger partial charge in [-0.05, 0) is 13.8 Å². The molecule has 0 aromatic carbocycles. The van der Waals surface area contributed by atoms with Crippen molar-refractivity contribution in [1.82, 2.24) is 29.8 Å². The first-order valence-corrected chi connectivity index (χ1v) is 4.99. The molecule has 2 N–H and O–H groups in total. The van der Waals surface area contributed by atoms with E-state index < -0.39 is 5.54 Å². The van der Waals surface area contributed by atoms with Crippen LogP contribution >= 0.6 is 0 Å². The van der Waals surface area contributed by atoms with Crippen LogP contribution in [-0.4, -0.2) is 29.8 Å². The lowest BCUT2D eigenvalue weighted by Crippen LogP contribution is -2.29. The summed E-state index contributed by atoms with van der Waals surface area (Å²) in [6.07, 6.45) is 3.34. The number of rotatable bonds is 3. The number of aromatic nitrogens is 6. The molecule has 86 valence electrons. The van der Waals surface area contributed by atoms with Gasteiger partial charge in [-0.15, -0.1) is 5.10 Å². The van der Waals surface area contributed by atoms with Crippen LogP contribution in [0.25, 0.3) is 0 Å². The highest BCUT2D eigenvalue weighted by Gasteiger charge is 2.18. The Labute approximate surface area is 93.3 Å². The highest BCUT2D eigenvalue weighted by molar-refractivity contribution is 5.06. The normalized spacial score (nSPS) is 12.0. The fraction of sp³-hybridized carbons (Fsp3) is 0.556. The molecule has 2 heterocycles. The number of nitrogens with two attached hydrogens (primary N) is 1. The summed E-state index contributed by atoms with van der Waals surface area (Å²) in [4.78, 5) is 4.11. The van der Waals surface area contributed by atoms with Gasteiger partial charge in [-0.1, -0.05) is 5.21 Å². The molecule has 0 saturated heterocycles. The second kappa shape index (κ2) is 3.67. The average molecular weight is 221 g/mol. The summed E-state index contributed by atoms with van der Waals surface area (Å²) in [5, 5.41) is 12.0. The van der Waals surface area contributed by atoms with Crippen molar-refractivity contribution in [3.8, 4) is 0 Å². The summed E-state index contributed by atoms with van der Waals surface area (Å²) in [5.74, 6) is 0.825. The van der Waals surface area contributed by atoms with Gasteiger partial charge in [0.05, 0.1) is 11.7 Å². The van der Waals surface area contributed by atoms with Gasteiger partial charge in [-0.2, -0.15) is 5.10 Å². The van der Waals surface area contributed by atoms with E-state index in [0.717, 1.165) is 11.5 Å². The second-order valence-electron chi connectivity index (χ2n) is 4.32. The molecule has 0 spiro atoms. The molecule has 0 bridgehead atoms. The molecule has 0 amide bonds. The molecular weight excluding hydrogens is 206 g/mol. The summed E-state index contributed by atoms with van der Waals surface area (Å²) in [6, 6.07) is 0. The van der Waals surface area contributed by atoms with Crippen LogP contribution in [0.5, 0.6) is 0 Å². The number of nitrogens with zero attached hydrogens (tertiary/aromatic N) is 6. The molecule has 0 aliphatic carbocycles. The second-order valence-corrected chi connectivity index (χ2v) is 4.32. The lowest BCUT2D eigenvalue weighted by Gasteiger charge is -2.13. The quantitative estimate of drug-likeness (QED) is 0.765. The van der Waals surface area contributed by atoms with E-state index in [-0.39, 0.29) is 0 Å². The molecule has 7 heteroatoms. The highest BCUT2D eigenvalue weighted by Crippen LogP contribution is 2.12. The van der Waals surface area contributed by atoms with E-state index in [1.165, 1.54) is 6.33 Å². The predicted octanol–water partition coefficient (Wildman–Crippen LogP) is -0.351. The van der Waals surface area contributed by atoms with Crippen molar-refractivity contribution in [2.75, 3.05) is 0 Å². The van der Waals surface area contributed by atoms with Gasteiger partial charge in [0.2, 0.25) is 0 Å². The Morgan fingerprint density at radius 2 is 2.19 bits per heavy atom. The van der Waals surface area contributed by atoms with Crippen molar-refractivity contribution < 1.29 is 0 Å². The lowest BCUT2D eigenvalue weighted by atomic mass is 10.0. The van der Waals surface area contributed by atoms with E-state index in [1.807, 2.05) is 27.1 Å². The fourth-order valence-electron chi connectivity index (χ4n) is 1.28. The molecule has 0 unspecified atom stereocenters. The largest absolute Gasteiger partial charge is 0.320 e. The average Bonchev–Trinajstić information content (AvgIpc) is 2.76. The predicted molar refractivity (Wildman–Crippen MR) is 57.3 cm³/mol. The maximum atomic E-state index is 5.92. The monoisotopic (exact) mass is 221 g/mol. The summed E-state index contributed by atoms with van der Waals surface area (Å²) < 4.78 is 3.41. The third-order valence-electron chi connectivity index (χ3n) is 2.31. The number of hydrogen-bond donors (Lipinski definition) is 1. The third-order valence-corrected chi connectivity index (χ3v) is 2.31. The van der Waals surface area contributed by atoms with Crippen LogP contribution in [0.2, 0.25) is 0 Å². The van der Waals surface area contributed by atoms with Crippen LogP contribution < -0.4 is 5.73 Å². The van der Waals surface area contributed by atoms with Crippen LogP contribution in [0, 0.1) is 0 Å². The van der Waals surface area contributed by atoms with Crippen molar-refractivity contribution in [2.24, 2.45) is 12.8 Å². The maximum Gasteiger partial charge on any atom is 0.148 e. The summed E-state index contributed by atoms with van der Waals surface area (Å²) in [5.41, 5.74) is 6.21. The van der Waals surface area contributed by atoms with Crippen molar-refractivity contribution in [3.05, 3.63) is 24.0 Å². The van der Waals surface area contributed by atoms with Gasteiger partial charge in [-0.3, -0.25) is 4.68 Å². The molecule has 2 aromatic heterocycles. The minimum absolute atomic E-state index is 0.474. The van der Waals surface area contributed by atoms with Gasteiger partial charge >= 0.3 is 0 Å². The summed E-state index contributed by atoms with van der Waals surface area (Å²) in [7, 11) is 1.84. The van der Waals surface area contributed by atoms with Gasteiger partial charge < -0.3 is 5.73 Å². The van der Waals surface area contributed by atoms with Crippen LogP contribution in [0.1, 0.15) is 25.4 Å². The zero-order valence-corrected chi connectivity index (χ0v) is 9.62. The Balaban J connectivity index is 2.18. The molecule has 0 radical (unpaired) electrons. The van der Waals surface area contributed by atoms with Crippen LogP contribution in [-0.2, 0) is 19.1 Å². The minimum atomic E-state index is -0.474. The minimum Gasteiger partial charge on any atom is -0.320 e. The Morgan fingerprint density at radius 3 is 2.69 bits per heavy atom. The smallest absolute Gasteiger partial charge is 0.148 e. The van der Waals surface area contributed by atoms with Gasteiger partial charge in [0.25, 0.3) is 0 Å². The molecule has 7 nitrogen and oxygen atoms in total. The first kappa shape index (κ1) is 10.7. The van der Waals surface area contributed by atoms with E-state index >= 15 is 0 Å². The maximum absolute atomic E-state index is 5.92. The van der Waals surface area contributed by atoms with Crippen molar-refractivity contribution in [1.29, 1.82) is 0 Å². The third kappa shape index (κ3) is 2.08. The zero-order chi connectivity index (χ0) is 11.8. The van der Waals surface area contributed by atoms with Gasteiger partial charge in [-0.25, -0.2) is 9.67 Å². The highest BCUT2D eigenvalue weighted by atomic mass is 15.4. The van der Waals surface area contributed by atoms with Crippen LogP contribution in [0.15, 0.2) is 12.5 Å². The van der Waals surface area contributed by atoms with Crippen molar-refractivity contribution in [3.63, 3.8) is 0 Å². The molecule has 16 heavy (non-hydrogen) atoms. The van der Waals surface area contributed by atoms with Crippen molar-refractivity contribution >= 4 is 0 Å². The molecular formula is C9H15N7. The van der Waals surface area contributed by atoms with Gasteiger partial charge in [0.1, 0.15) is 24.4 Å². The van der Waals surface area contributed by atoms with E-state index in [0.29, 0.717) is 6.54 Å². The molecule has 0 aliphatic heterocycles. The van der Waals surface area contributed by atoms with E-state index in [9.17, 15) is 0 Å². The SMILES string of the molecule is Cn1ncnc1Cn1cc(C(C)(C)N)nn1. The van der Waals surface area contributed by atoms with E-state index in [1.54, 1.807) is 9.36 Å². The molecule has 0 saturated carbocycles. The molecule has 0 atom stereocenters. The van der Waals surface area contributed by atoms with E-state index in [4.69, 9.17) is 5.73 Å². The van der Waals surface area contributed by atoms with Gasteiger partial charge in [0, 0.05) is 7.05 Å². The first-order chi connectivity index (χ1) is 7.47. The Kier molecular flexibility index (Phi) is 2.47. The fourth-order valence-corrected chi connectivity index (χ4v) is 1.28. The zero-order valence-electron chi connectivity index (χ0n) is 9.62. The molecule has 2 rings (SSSR count). The number of aryl methyl sites for hydroxylation is 1. The van der Waals surface area contributed by atoms with Crippen LogP contribution in [0.4, 0.5) is 0 Å². The molecule has 2 aromatic rings. The molecule has 0 fully saturated rings. The van der Waals surface area contributed by atoms with Crippen LogP contribution in [0.3, 0.4) is 0 Å². The first-order valence-electron chi connectivity index (χ1n) is 4.99. The summed E-state index contributed by atoms with van der Waals surface area (Å²) >= 11 is 0. The molecule has 0 aliphatic rings. The Bertz CT molecular complexity index is 476. The lowest BCUT2D eigenvalue weighted by molar-refractivity contribution is 0.533.